The number of methoxy groups -OCH3 is 1. The van der Waals surface area contributed by atoms with Crippen molar-refractivity contribution in [1.29, 1.82) is 0 Å². The van der Waals surface area contributed by atoms with Gasteiger partial charge in [0.1, 0.15) is 0 Å². The maximum atomic E-state index is 11.7. The second-order valence-corrected chi connectivity index (χ2v) is 6.46. The second-order valence-electron chi connectivity index (χ2n) is 3.96. The van der Waals surface area contributed by atoms with Crippen LogP contribution < -0.4 is 5.73 Å². The van der Waals surface area contributed by atoms with Gasteiger partial charge in [-0.2, -0.15) is 0 Å². The van der Waals surface area contributed by atoms with Crippen molar-refractivity contribution in [3.05, 3.63) is 20.8 Å². The molecule has 0 bridgehead atoms. The van der Waals surface area contributed by atoms with E-state index in [2.05, 4.69) is 15.9 Å². The molecule has 16 heavy (non-hydrogen) atoms. The molecular weight excluding hydrogens is 290 g/mol. The number of hydrogen-bond acceptors (Lipinski definition) is 4. The number of thiophene rings is 1. The summed E-state index contributed by atoms with van der Waals surface area (Å²) < 4.78 is 5.82. The summed E-state index contributed by atoms with van der Waals surface area (Å²) in [6.45, 7) is 3.95. The number of nitrogens with two attached hydrogens (primary N) is 1. The SMILES string of the molecule is COC(=O)C(C(C)C)C(N)c1ccc(Br)s1. The fraction of sp³-hybridized carbons (Fsp3) is 0.545. The number of ether oxygens (including phenoxy) is 1. The van der Waals surface area contributed by atoms with E-state index in [1.54, 1.807) is 11.3 Å². The molecule has 0 aliphatic carbocycles. The molecule has 0 aliphatic heterocycles. The molecule has 3 nitrogen and oxygen atoms in total. The Labute approximate surface area is 108 Å². The van der Waals surface area contributed by atoms with Gasteiger partial charge in [-0.3, -0.25) is 4.79 Å². The molecule has 1 heterocycles. The standard InChI is InChI=1S/C11H16BrNO2S/c1-6(2)9(11(14)15-3)10(13)7-4-5-8(12)16-7/h4-6,9-10H,13H2,1-3H3. The highest BCUT2D eigenvalue weighted by atomic mass is 79.9. The number of rotatable bonds is 4. The molecule has 0 saturated carbocycles. The summed E-state index contributed by atoms with van der Waals surface area (Å²) in [5.74, 6) is -0.383. The smallest absolute Gasteiger partial charge is 0.310 e. The van der Waals surface area contributed by atoms with Gasteiger partial charge >= 0.3 is 5.97 Å². The molecule has 0 aromatic carbocycles. The third-order valence-electron chi connectivity index (χ3n) is 2.50. The van der Waals surface area contributed by atoms with Crippen molar-refractivity contribution in [3.8, 4) is 0 Å². The van der Waals surface area contributed by atoms with E-state index < -0.39 is 0 Å². The van der Waals surface area contributed by atoms with Crippen LogP contribution in [0.25, 0.3) is 0 Å². The van der Waals surface area contributed by atoms with E-state index in [0.717, 1.165) is 8.66 Å². The van der Waals surface area contributed by atoms with Gasteiger partial charge in [0.2, 0.25) is 0 Å². The first-order valence-corrected chi connectivity index (χ1v) is 6.67. The second kappa shape index (κ2) is 5.80. The quantitative estimate of drug-likeness (QED) is 0.870. The van der Waals surface area contributed by atoms with Crippen molar-refractivity contribution in [2.45, 2.75) is 19.9 Å². The van der Waals surface area contributed by atoms with Gasteiger partial charge in [-0.25, -0.2) is 0 Å². The van der Waals surface area contributed by atoms with E-state index in [4.69, 9.17) is 10.5 Å². The summed E-state index contributed by atoms with van der Waals surface area (Å²) >= 11 is 4.94. The molecule has 1 aromatic rings. The van der Waals surface area contributed by atoms with E-state index in [9.17, 15) is 4.79 Å². The number of carbonyl (C=O) groups is 1. The van der Waals surface area contributed by atoms with Crippen LogP contribution in [0.4, 0.5) is 0 Å². The monoisotopic (exact) mass is 305 g/mol. The van der Waals surface area contributed by atoms with Crippen LogP contribution in [0.15, 0.2) is 15.9 Å². The summed E-state index contributed by atoms with van der Waals surface area (Å²) in [5, 5.41) is 0. The summed E-state index contributed by atoms with van der Waals surface area (Å²) in [4.78, 5) is 12.7. The first-order valence-electron chi connectivity index (χ1n) is 5.06. The van der Waals surface area contributed by atoms with Gasteiger partial charge in [-0.1, -0.05) is 13.8 Å². The van der Waals surface area contributed by atoms with Gasteiger partial charge in [0.05, 0.1) is 22.9 Å². The highest BCUT2D eigenvalue weighted by Crippen LogP contribution is 2.33. The van der Waals surface area contributed by atoms with Gasteiger partial charge < -0.3 is 10.5 Å². The van der Waals surface area contributed by atoms with Gasteiger partial charge in [0.15, 0.2) is 0 Å². The highest BCUT2D eigenvalue weighted by molar-refractivity contribution is 9.11. The van der Waals surface area contributed by atoms with Crippen molar-refractivity contribution < 1.29 is 9.53 Å². The maximum Gasteiger partial charge on any atom is 0.310 e. The molecule has 0 amide bonds. The summed E-state index contributed by atoms with van der Waals surface area (Å²) in [6.07, 6.45) is 0. The van der Waals surface area contributed by atoms with E-state index in [1.807, 2.05) is 26.0 Å². The van der Waals surface area contributed by atoms with E-state index in [-0.39, 0.29) is 23.8 Å². The molecule has 0 spiro atoms. The molecule has 5 heteroatoms. The first-order chi connectivity index (χ1) is 7.47. The number of carbonyl (C=O) groups excluding carboxylic acids is 1. The van der Waals surface area contributed by atoms with Crippen LogP contribution in [0, 0.1) is 11.8 Å². The van der Waals surface area contributed by atoms with Crippen molar-refractivity contribution >= 4 is 33.2 Å². The van der Waals surface area contributed by atoms with Crippen LogP contribution in [0.2, 0.25) is 0 Å². The molecular formula is C11H16BrNO2S. The third-order valence-corrected chi connectivity index (χ3v) is 4.23. The van der Waals surface area contributed by atoms with Crippen molar-refractivity contribution in [2.24, 2.45) is 17.6 Å². The van der Waals surface area contributed by atoms with Gasteiger partial charge in [-0.05, 0) is 34.0 Å². The average molecular weight is 306 g/mol. The van der Waals surface area contributed by atoms with Crippen LogP contribution in [-0.2, 0) is 9.53 Å². The van der Waals surface area contributed by atoms with Crippen LogP contribution in [0.1, 0.15) is 24.8 Å². The Morgan fingerprint density at radius 3 is 2.50 bits per heavy atom. The van der Waals surface area contributed by atoms with Crippen molar-refractivity contribution in [2.75, 3.05) is 7.11 Å². The molecule has 0 fully saturated rings. The number of esters is 1. The Bertz CT molecular complexity index is 365. The van der Waals surface area contributed by atoms with E-state index >= 15 is 0 Å². The average Bonchev–Trinajstić information content (AvgIpc) is 2.64. The van der Waals surface area contributed by atoms with Crippen molar-refractivity contribution in [3.63, 3.8) is 0 Å². The maximum absolute atomic E-state index is 11.7. The lowest BCUT2D eigenvalue weighted by atomic mass is 9.88. The molecule has 1 aromatic heterocycles. The normalized spacial score (nSPS) is 14.9. The summed E-state index contributed by atoms with van der Waals surface area (Å²) in [6, 6.07) is 3.58. The molecule has 0 aliphatic rings. The molecule has 0 radical (unpaired) electrons. The predicted molar refractivity (Wildman–Crippen MR) is 69.3 cm³/mol. The molecule has 0 saturated heterocycles. The van der Waals surface area contributed by atoms with E-state index in [0.29, 0.717) is 0 Å². The fourth-order valence-electron chi connectivity index (χ4n) is 1.65. The Kier molecular flexibility index (Phi) is 4.95. The minimum Gasteiger partial charge on any atom is -0.469 e. The fourth-order valence-corrected chi connectivity index (χ4v) is 3.13. The minimum absolute atomic E-state index is 0.156. The molecule has 2 unspecified atom stereocenters. The zero-order valence-corrected chi connectivity index (χ0v) is 12.0. The van der Waals surface area contributed by atoms with Crippen LogP contribution in [0.3, 0.4) is 0 Å². The Hall–Kier alpha value is -0.390. The highest BCUT2D eigenvalue weighted by Gasteiger charge is 2.31. The summed E-state index contributed by atoms with van der Waals surface area (Å²) in [5.41, 5.74) is 6.12. The third kappa shape index (κ3) is 3.06. The Balaban J connectivity index is 2.91. The number of halogens is 1. The van der Waals surface area contributed by atoms with Gasteiger partial charge in [-0.15, -0.1) is 11.3 Å². The van der Waals surface area contributed by atoms with Gasteiger partial charge in [0, 0.05) is 4.88 Å². The number of hydrogen-bond donors (Lipinski definition) is 1. The van der Waals surface area contributed by atoms with Crippen LogP contribution in [-0.4, -0.2) is 13.1 Å². The topological polar surface area (TPSA) is 52.3 Å². The zero-order valence-electron chi connectivity index (χ0n) is 9.57. The van der Waals surface area contributed by atoms with E-state index in [1.165, 1.54) is 7.11 Å². The molecule has 1 rings (SSSR count). The summed E-state index contributed by atoms with van der Waals surface area (Å²) in [7, 11) is 1.40. The van der Waals surface area contributed by atoms with Gasteiger partial charge in [0.25, 0.3) is 0 Å². The van der Waals surface area contributed by atoms with Crippen LogP contribution in [0.5, 0.6) is 0 Å². The molecule has 2 N–H and O–H groups in total. The minimum atomic E-state index is -0.302. The lowest BCUT2D eigenvalue weighted by molar-refractivity contribution is -0.147. The Morgan fingerprint density at radius 1 is 1.50 bits per heavy atom. The largest absolute Gasteiger partial charge is 0.469 e. The lowest BCUT2D eigenvalue weighted by Crippen LogP contribution is -2.32. The predicted octanol–water partition coefficient (Wildman–Crippen LogP) is 2.96. The molecule has 90 valence electrons. The molecule has 2 atom stereocenters. The van der Waals surface area contributed by atoms with Crippen molar-refractivity contribution in [1.82, 2.24) is 0 Å². The first kappa shape index (κ1) is 13.7. The lowest BCUT2D eigenvalue weighted by Gasteiger charge is -2.23. The Morgan fingerprint density at radius 2 is 2.12 bits per heavy atom. The zero-order chi connectivity index (χ0) is 12.3. The van der Waals surface area contributed by atoms with Crippen LogP contribution >= 0.6 is 27.3 Å².